The van der Waals surface area contributed by atoms with Crippen LogP contribution >= 0.6 is 0 Å². The van der Waals surface area contributed by atoms with Crippen LogP contribution in [0.2, 0.25) is 0 Å². The van der Waals surface area contributed by atoms with Gasteiger partial charge in [-0.1, -0.05) is 51.9 Å². The Balaban J connectivity index is 2.99. The lowest BCUT2D eigenvalue weighted by molar-refractivity contribution is 0.420. The van der Waals surface area contributed by atoms with Crippen LogP contribution in [0.3, 0.4) is 0 Å². The Kier molecular flexibility index (Phi) is 11.9. The van der Waals surface area contributed by atoms with Gasteiger partial charge in [-0.15, -0.1) is 0 Å². The molecule has 0 fully saturated rings. The van der Waals surface area contributed by atoms with Crippen molar-refractivity contribution < 1.29 is 0 Å². The zero-order chi connectivity index (χ0) is 13.7. The number of hydrogen-bond acceptors (Lipinski definition) is 2. The highest BCUT2D eigenvalue weighted by Crippen LogP contribution is 2.07. The lowest BCUT2D eigenvalue weighted by Gasteiger charge is -2.20. The number of rotatable bonds is 12. The van der Waals surface area contributed by atoms with Gasteiger partial charge in [0.1, 0.15) is 0 Å². The maximum absolute atomic E-state index is 3.51. The molecule has 0 rings (SSSR count). The quantitative estimate of drug-likeness (QED) is 0.514. The van der Waals surface area contributed by atoms with E-state index in [-0.39, 0.29) is 5.54 Å². The molecule has 0 aliphatic rings. The van der Waals surface area contributed by atoms with Gasteiger partial charge in [0.2, 0.25) is 0 Å². The lowest BCUT2D eigenvalue weighted by Crippen LogP contribution is -2.40. The molecule has 2 heteroatoms. The first-order chi connectivity index (χ1) is 8.56. The molecular formula is C16H36N2. The molecule has 2 nitrogen and oxygen atoms in total. The van der Waals surface area contributed by atoms with Crippen molar-refractivity contribution in [1.82, 2.24) is 10.6 Å². The van der Waals surface area contributed by atoms with Gasteiger partial charge in [-0.25, -0.2) is 0 Å². The molecule has 110 valence electrons. The van der Waals surface area contributed by atoms with Crippen LogP contribution in [0.1, 0.15) is 79.1 Å². The topological polar surface area (TPSA) is 24.1 Å². The second kappa shape index (κ2) is 12.0. The van der Waals surface area contributed by atoms with Crippen LogP contribution in [0.15, 0.2) is 0 Å². The number of nitrogens with one attached hydrogen (secondary N) is 2. The standard InChI is InChI=1S/C16H36N2/c1-5-6-7-8-9-10-11-12-13-17-14-15-18-16(2,3)4/h17-18H,5-15H2,1-4H3. The summed E-state index contributed by atoms with van der Waals surface area (Å²) in [7, 11) is 0. The van der Waals surface area contributed by atoms with E-state index in [1.807, 2.05) is 0 Å². The second-order valence-corrected chi connectivity index (χ2v) is 6.40. The maximum Gasteiger partial charge on any atom is 0.00970 e. The summed E-state index contributed by atoms with van der Waals surface area (Å²) in [6.07, 6.45) is 11.2. The molecular weight excluding hydrogens is 220 g/mol. The van der Waals surface area contributed by atoms with Crippen molar-refractivity contribution in [2.75, 3.05) is 19.6 Å². The predicted octanol–water partition coefficient (Wildman–Crippen LogP) is 4.10. The van der Waals surface area contributed by atoms with E-state index in [9.17, 15) is 0 Å². The first-order valence-corrected chi connectivity index (χ1v) is 8.02. The average Bonchev–Trinajstić information content (AvgIpc) is 2.29. The lowest BCUT2D eigenvalue weighted by atomic mass is 10.1. The van der Waals surface area contributed by atoms with E-state index in [2.05, 4.69) is 38.3 Å². The summed E-state index contributed by atoms with van der Waals surface area (Å²) >= 11 is 0. The van der Waals surface area contributed by atoms with Crippen LogP contribution in [0.5, 0.6) is 0 Å². The Morgan fingerprint density at radius 1 is 0.667 bits per heavy atom. The molecule has 0 atom stereocenters. The van der Waals surface area contributed by atoms with Crippen LogP contribution < -0.4 is 10.6 Å². The summed E-state index contributed by atoms with van der Waals surface area (Å²) in [4.78, 5) is 0. The minimum Gasteiger partial charge on any atom is -0.315 e. The molecule has 0 aromatic carbocycles. The van der Waals surface area contributed by atoms with Crippen molar-refractivity contribution in [2.24, 2.45) is 0 Å². The molecule has 0 unspecified atom stereocenters. The molecule has 0 radical (unpaired) electrons. The third-order valence-electron chi connectivity index (χ3n) is 3.16. The molecule has 0 aliphatic carbocycles. The van der Waals surface area contributed by atoms with Crippen molar-refractivity contribution >= 4 is 0 Å². The molecule has 0 saturated heterocycles. The van der Waals surface area contributed by atoms with Gasteiger partial charge in [0.05, 0.1) is 0 Å². The Hall–Kier alpha value is -0.0800. The maximum atomic E-state index is 3.51. The zero-order valence-corrected chi connectivity index (χ0v) is 13.3. The molecule has 0 aromatic heterocycles. The number of unbranched alkanes of at least 4 members (excludes halogenated alkanes) is 7. The molecule has 0 bridgehead atoms. The van der Waals surface area contributed by atoms with Crippen LogP contribution in [-0.4, -0.2) is 25.2 Å². The molecule has 0 aromatic rings. The largest absolute Gasteiger partial charge is 0.315 e. The van der Waals surface area contributed by atoms with Gasteiger partial charge in [0, 0.05) is 18.6 Å². The summed E-state index contributed by atoms with van der Waals surface area (Å²) in [5.74, 6) is 0. The van der Waals surface area contributed by atoms with Crippen LogP contribution in [0, 0.1) is 0 Å². The Labute approximate surface area is 115 Å². The summed E-state index contributed by atoms with van der Waals surface area (Å²) in [6.45, 7) is 12.3. The van der Waals surface area contributed by atoms with Gasteiger partial charge in [-0.2, -0.15) is 0 Å². The summed E-state index contributed by atoms with van der Waals surface area (Å²) in [5.41, 5.74) is 0.250. The normalized spacial score (nSPS) is 12.0. The van der Waals surface area contributed by atoms with E-state index in [4.69, 9.17) is 0 Å². The molecule has 0 spiro atoms. The zero-order valence-electron chi connectivity index (χ0n) is 13.3. The van der Waals surface area contributed by atoms with Crippen molar-refractivity contribution in [3.8, 4) is 0 Å². The third kappa shape index (κ3) is 15.9. The van der Waals surface area contributed by atoms with E-state index in [0.717, 1.165) is 13.1 Å². The fourth-order valence-corrected chi connectivity index (χ4v) is 2.03. The highest BCUT2D eigenvalue weighted by molar-refractivity contribution is 4.70. The molecule has 18 heavy (non-hydrogen) atoms. The van der Waals surface area contributed by atoms with Gasteiger partial charge in [-0.3, -0.25) is 0 Å². The molecule has 0 amide bonds. The van der Waals surface area contributed by atoms with E-state index in [1.54, 1.807) is 0 Å². The Bertz CT molecular complexity index is 161. The van der Waals surface area contributed by atoms with Crippen molar-refractivity contribution in [3.63, 3.8) is 0 Å². The SMILES string of the molecule is CCCCCCCCCCNCCNC(C)(C)C. The second-order valence-electron chi connectivity index (χ2n) is 6.40. The van der Waals surface area contributed by atoms with Crippen molar-refractivity contribution in [1.29, 1.82) is 0 Å². The smallest absolute Gasteiger partial charge is 0.00970 e. The average molecular weight is 256 g/mol. The van der Waals surface area contributed by atoms with E-state index in [1.165, 1.54) is 57.9 Å². The Morgan fingerprint density at radius 3 is 1.78 bits per heavy atom. The van der Waals surface area contributed by atoms with Crippen molar-refractivity contribution in [3.05, 3.63) is 0 Å². The molecule has 0 saturated carbocycles. The van der Waals surface area contributed by atoms with Gasteiger partial charge in [0.15, 0.2) is 0 Å². The van der Waals surface area contributed by atoms with E-state index >= 15 is 0 Å². The monoisotopic (exact) mass is 256 g/mol. The highest BCUT2D eigenvalue weighted by Gasteiger charge is 2.06. The molecule has 2 N–H and O–H groups in total. The number of hydrogen-bond donors (Lipinski definition) is 2. The molecule has 0 aliphatic heterocycles. The fraction of sp³-hybridized carbons (Fsp3) is 1.00. The minimum atomic E-state index is 0.250. The van der Waals surface area contributed by atoms with E-state index in [0.29, 0.717) is 0 Å². The van der Waals surface area contributed by atoms with Crippen molar-refractivity contribution in [2.45, 2.75) is 84.6 Å². The highest BCUT2D eigenvalue weighted by atomic mass is 15.0. The fourth-order valence-electron chi connectivity index (χ4n) is 2.03. The van der Waals surface area contributed by atoms with Gasteiger partial charge in [0.25, 0.3) is 0 Å². The predicted molar refractivity (Wildman–Crippen MR) is 83.2 cm³/mol. The minimum absolute atomic E-state index is 0.250. The van der Waals surface area contributed by atoms with Gasteiger partial charge < -0.3 is 10.6 Å². The summed E-state index contributed by atoms with van der Waals surface area (Å²) < 4.78 is 0. The molecule has 0 heterocycles. The van der Waals surface area contributed by atoms with Gasteiger partial charge in [-0.05, 0) is 33.7 Å². The third-order valence-corrected chi connectivity index (χ3v) is 3.16. The summed E-state index contributed by atoms with van der Waals surface area (Å²) in [5, 5.41) is 7.00. The van der Waals surface area contributed by atoms with Crippen LogP contribution in [-0.2, 0) is 0 Å². The Morgan fingerprint density at radius 2 is 1.22 bits per heavy atom. The summed E-state index contributed by atoms with van der Waals surface area (Å²) in [6, 6.07) is 0. The van der Waals surface area contributed by atoms with Crippen LogP contribution in [0.25, 0.3) is 0 Å². The van der Waals surface area contributed by atoms with Crippen LogP contribution in [0.4, 0.5) is 0 Å². The first-order valence-electron chi connectivity index (χ1n) is 8.02. The van der Waals surface area contributed by atoms with E-state index < -0.39 is 0 Å². The first kappa shape index (κ1) is 17.9. The van der Waals surface area contributed by atoms with Gasteiger partial charge >= 0.3 is 0 Å².